The molecule has 0 spiro atoms. The van der Waals surface area contributed by atoms with Crippen LogP contribution >= 0.6 is 47.6 Å². The van der Waals surface area contributed by atoms with Crippen LogP contribution < -0.4 is 78.6 Å². The van der Waals surface area contributed by atoms with E-state index in [1.165, 1.54) is 75.8 Å². The molecule has 123 heavy (non-hydrogen) atoms. The summed E-state index contributed by atoms with van der Waals surface area (Å²) in [5.74, 6) is -0.491. The van der Waals surface area contributed by atoms with Gasteiger partial charge in [-0.1, -0.05) is 388 Å². The summed E-state index contributed by atoms with van der Waals surface area (Å²) in [5.41, 5.74) is 3.27. The minimum atomic E-state index is -1.50. The molecule has 2 atom stereocenters. The number of ether oxygens (including phenoxy) is 3. The smallest absolute Gasteiger partial charge is 0.482 e. The second-order valence-corrected chi connectivity index (χ2v) is 36.5. The molecule has 0 aliphatic heterocycles. The molecule has 0 amide bonds. The van der Waals surface area contributed by atoms with Crippen LogP contribution in [0.25, 0.3) is 11.3 Å². The van der Waals surface area contributed by atoms with E-state index in [2.05, 4.69) is 395 Å². The van der Waals surface area contributed by atoms with Crippen LogP contribution in [-0.2, 0) is 34.7 Å². The fraction of sp³-hybridized carbons (Fsp3) is 0.0769. The molecule has 0 radical (unpaired) electrons. The Morgan fingerprint density at radius 2 is 0.561 bits per heavy atom. The van der Waals surface area contributed by atoms with Gasteiger partial charge in [0.05, 0.1) is 35.9 Å². The molecular formula is C104H96BBrN2O10P4Pd. The van der Waals surface area contributed by atoms with Crippen molar-refractivity contribution >= 4 is 136 Å². The van der Waals surface area contributed by atoms with Crippen molar-refractivity contribution in [2.75, 3.05) is 19.8 Å². The van der Waals surface area contributed by atoms with E-state index in [0.29, 0.717) is 35.0 Å². The molecule has 12 nitrogen and oxygen atoms in total. The monoisotopic (exact) mass is 1850 g/mol. The van der Waals surface area contributed by atoms with Crippen molar-refractivity contribution in [2.45, 2.75) is 33.0 Å². The SMILES string of the molecule is CCOC(=O)COc1ccc(B(O)O)cc1.C[C@@H](O)c1cccc(-c2ccc(OCC(=O)O)cc2)n1.C[C@@H](O)c1cccc(Br)n1.[Pd].c1ccc(P(c2ccccc2)c2ccccc2)cc1.c1ccc(P(c2ccccc2)c2ccccc2)cc1.c1ccc(P(c2ccccc2)c2ccccc2)cc1.c1ccc(P(c2ccccc2)c2ccccc2)cc1. The van der Waals surface area contributed by atoms with Crippen LogP contribution in [0.5, 0.6) is 11.5 Å². The van der Waals surface area contributed by atoms with Gasteiger partial charge in [-0.05, 0) is 198 Å². The number of halogens is 1. The van der Waals surface area contributed by atoms with Crippen molar-refractivity contribution in [1.82, 2.24) is 9.97 Å². The van der Waals surface area contributed by atoms with Crippen LogP contribution in [-0.4, -0.2) is 74.2 Å². The Morgan fingerprint density at radius 3 is 0.780 bits per heavy atom. The fourth-order valence-corrected chi connectivity index (χ4v) is 21.7. The van der Waals surface area contributed by atoms with E-state index in [0.717, 1.165) is 15.9 Å². The van der Waals surface area contributed by atoms with E-state index in [9.17, 15) is 14.7 Å². The van der Waals surface area contributed by atoms with Crippen LogP contribution in [0.1, 0.15) is 44.4 Å². The van der Waals surface area contributed by atoms with Gasteiger partial charge in [0.25, 0.3) is 0 Å². The molecule has 0 saturated carbocycles. The van der Waals surface area contributed by atoms with Crippen molar-refractivity contribution in [3.05, 3.63) is 465 Å². The summed E-state index contributed by atoms with van der Waals surface area (Å²) in [6, 6.07) is 153. The molecule has 16 rings (SSSR count). The Morgan fingerprint density at radius 1 is 0.325 bits per heavy atom. The number of carboxylic acids is 1. The summed E-state index contributed by atoms with van der Waals surface area (Å²) in [6.07, 6.45) is -1.11. The molecule has 2 aromatic heterocycles. The van der Waals surface area contributed by atoms with Gasteiger partial charge in [-0.25, -0.2) is 14.6 Å². The Hall–Kier alpha value is -11.3. The van der Waals surface area contributed by atoms with Gasteiger partial charge in [-0.3, -0.25) is 4.98 Å². The minimum Gasteiger partial charge on any atom is -0.482 e. The molecule has 0 fully saturated rings. The second-order valence-electron chi connectivity index (χ2n) is 26.8. The van der Waals surface area contributed by atoms with E-state index < -0.39 is 63.0 Å². The number of aliphatic hydroxyl groups is 2. The first kappa shape index (κ1) is 95.5. The third-order valence-electron chi connectivity index (χ3n) is 17.9. The molecular weight excluding hydrogens is 1760 g/mol. The zero-order valence-electron chi connectivity index (χ0n) is 68.2. The third kappa shape index (κ3) is 32.1. The number of carboxylic acid groups (broad SMARTS) is 1. The largest absolute Gasteiger partial charge is 0.488 e. The third-order valence-corrected chi connectivity index (χ3v) is 28.1. The zero-order valence-corrected chi connectivity index (χ0v) is 75.0. The maximum Gasteiger partial charge on any atom is 0.488 e. The number of aliphatic carboxylic acids is 1. The number of hydrogen-bond acceptors (Lipinski definition) is 11. The van der Waals surface area contributed by atoms with Gasteiger partial charge in [-0.15, -0.1) is 0 Å². The van der Waals surface area contributed by atoms with Crippen molar-refractivity contribution in [3.63, 3.8) is 0 Å². The first-order chi connectivity index (χ1) is 59.7. The Labute approximate surface area is 750 Å². The van der Waals surface area contributed by atoms with Crippen LogP contribution in [0.15, 0.2) is 454 Å². The summed E-state index contributed by atoms with van der Waals surface area (Å²) in [5, 5.41) is 61.6. The minimum absolute atomic E-state index is 0. The van der Waals surface area contributed by atoms with Gasteiger partial charge in [0.2, 0.25) is 0 Å². The van der Waals surface area contributed by atoms with Crippen LogP contribution in [0.2, 0.25) is 0 Å². The molecule has 16 aromatic rings. The molecule has 0 bridgehead atoms. The van der Waals surface area contributed by atoms with E-state index in [-0.39, 0.29) is 33.6 Å². The molecule has 14 aromatic carbocycles. The summed E-state index contributed by atoms with van der Waals surface area (Å²) in [6.45, 7) is 4.86. The number of carbonyl (C=O) groups excluding carboxylic acids is 1. The predicted octanol–water partition coefficient (Wildman–Crippen LogP) is 17.2. The number of esters is 1. The standard InChI is InChI=1S/4C18H15P.C15H15NO4.C10H13BO5.C7H8BrNO.Pd/c4*1-4-10-16(11-5-1)19(17-12-6-2-7-13-17)18-14-8-3-9-15-18;1-10(17)13-3-2-4-14(16-13)11-5-7-12(8-6-11)20-9-15(18)19;1-2-15-10(12)7-16-9-5-3-8(4-6-9)11(13)14;1-5(10)6-3-2-4-7(8)9-6;/h4*1-15H;2-8,10,17H,9H2,1H3,(H,18,19);3-6,13-14H,2,7H2,1H3;2-5,10H,1H3;/t;;;;10-;;5-;/m....1.1./s1. The average Bonchev–Trinajstić information content (AvgIpc) is 0.831. The topological polar surface area (TPSA) is 189 Å². The number of aliphatic hydroxyl groups excluding tert-OH is 2. The Bertz CT molecular complexity index is 4740. The van der Waals surface area contributed by atoms with Gasteiger partial charge < -0.3 is 39.6 Å². The first-order valence-corrected chi connectivity index (χ1v) is 45.8. The number of hydrogen-bond donors (Lipinski definition) is 5. The first-order valence-electron chi connectivity index (χ1n) is 39.7. The van der Waals surface area contributed by atoms with Gasteiger partial charge in [0.15, 0.2) is 13.2 Å². The quantitative estimate of drug-likeness (QED) is 0.0177. The van der Waals surface area contributed by atoms with Crippen LogP contribution in [0.4, 0.5) is 0 Å². The summed E-state index contributed by atoms with van der Waals surface area (Å²) >= 11 is 3.21. The summed E-state index contributed by atoms with van der Waals surface area (Å²) in [7, 11) is -3.28. The molecule has 0 saturated heterocycles. The molecule has 0 aliphatic rings. The number of nitrogens with zero attached hydrogens (tertiary/aromatic N) is 2. The van der Waals surface area contributed by atoms with Crippen molar-refractivity contribution < 1.29 is 69.6 Å². The van der Waals surface area contributed by atoms with Gasteiger partial charge in [-0.2, -0.15) is 0 Å². The van der Waals surface area contributed by atoms with Crippen molar-refractivity contribution in [1.29, 1.82) is 0 Å². The summed E-state index contributed by atoms with van der Waals surface area (Å²) in [4.78, 5) is 29.8. The normalized spacial score (nSPS) is 10.8. The Kier molecular flexibility index (Phi) is 41.6. The van der Waals surface area contributed by atoms with E-state index in [1.807, 2.05) is 24.3 Å². The number of carbonyl (C=O) groups is 2. The number of rotatable bonds is 23. The maximum atomic E-state index is 11.0. The number of aromatic nitrogens is 2. The maximum absolute atomic E-state index is 11.0. The second kappa shape index (κ2) is 53.6. The number of pyridine rings is 2. The van der Waals surface area contributed by atoms with Crippen molar-refractivity contribution in [2.24, 2.45) is 0 Å². The van der Waals surface area contributed by atoms with Gasteiger partial charge in [0, 0.05) is 26.0 Å². The van der Waals surface area contributed by atoms with Crippen LogP contribution in [0, 0.1) is 0 Å². The average molecular weight is 1850 g/mol. The Balaban J connectivity index is 0.000000164. The van der Waals surface area contributed by atoms with E-state index in [1.54, 1.807) is 69.3 Å². The van der Waals surface area contributed by atoms with Gasteiger partial charge in [0.1, 0.15) is 16.1 Å². The van der Waals surface area contributed by atoms with Crippen molar-refractivity contribution in [3.8, 4) is 22.8 Å². The van der Waals surface area contributed by atoms with Gasteiger partial charge >= 0.3 is 19.1 Å². The number of benzene rings is 14. The van der Waals surface area contributed by atoms with E-state index in [4.69, 9.17) is 29.7 Å². The van der Waals surface area contributed by atoms with Crippen LogP contribution in [0.3, 0.4) is 0 Å². The molecule has 0 unspecified atom stereocenters. The molecule has 19 heteroatoms. The molecule has 5 N–H and O–H groups in total. The zero-order chi connectivity index (χ0) is 85.7. The molecule has 2 heterocycles. The summed E-state index contributed by atoms with van der Waals surface area (Å²) < 4.78 is 15.6. The predicted molar refractivity (Wildman–Crippen MR) is 515 cm³/mol. The molecule has 0 aliphatic carbocycles. The van der Waals surface area contributed by atoms with E-state index >= 15 is 0 Å². The fourth-order valence-electron chi connectivity index (χ4n) is 12.2. The molecule has 622 valence electrons.